The summed E-state index contributed by atoms with van der Waals surface area (Å²) in [6.07, 6.45) is 1.78. The highest BCUT2D eigenvalue weighted by molar-refractivity contribution is 6.01. The number of Topliss-reactive ketones (excluding diaryl/α,β-unsaturated/α-hetero) is 1. The topological polar surface area (TPSA) is 56.5 Å². The summed E-state index contributed by atoms with van der Waals surface area (Å²) in [6.45, 7) is 0.280. The van der Waals surface area contributed by atoms with Gasteiger partial charge in [-0.25, -0.2) is 0 Å². The fourth-order valence-electron chi connectivity index (χ4n) is 2.96. The molecule has 1 aromatic heterocycles. The molecule has 4 heteroatoms. The van der Waals surface area contributed by atoms with Crippen molar-refractivity contribution in [2.45, 2.75) is 6.42 Å². The van der Waals surface area contributed by atoms with Gasteiger partial charge in [0.2, 0.25) is 0 Å². The van der Waals surface area contributed by atoms with Crippen molar-refractivity contribution in [1.29, 1.82) is 0 Å². The first-order valence-electron chi connectivity index (χ1n) is 7.49. The van der Waals surface area contributed by atoms with E-state index < -0.39 is 0 Å². The molecule has 3 aromatic rings. The zero-order valence-corrected chi connectivity index (χ0v) is 12.3. The fourth-order valence-corrected chi connectivity index (χ4v) is 2.96. The van der Waals surface area contributed by atoms with Gasteiger partial charge in [-0.15, -0.1) is 0 Å². The number of hydrogen-bond acceptors (Lipinski definition) is 4. The maximum absolute atomic E-state index is 12.6. The molecular formula is C19H14O4. The quantitative estimate of drug-likeness (QED) is 0.729. The smallest absolute Gasteiger partial charge is 0.195 e. The average molecular weight is 306 g/mol. The minimum atomic E-state index is -0.367. The summed E-state index contributed by atoms with van der Waals surface area (Å²) in [5.74, 6) is 0.257. The van der Waals surface area contributed by atoms with Crippen LogP contribution < -0.4 is 10.2 Å². The minimum absolute atomic E-state index is 0.0133. The van der Waals surface area contributed by atoms with Crippen LogP contribution in [-0.4, -0.2) is 12.4 Å². The van der Waals surface area contributed by atoms with Crippen molar-refractivity contribution in [2.75, 3.05) is 6.61 Å². The third-order valence-electron chi connectivity index (χ3n) is 4.18. The molecule has 0 fully saturated rings. The molecule has 4 nitrogen and oxygen atoms in total. The van der Waals surface area contributed by atoms with Crippen molar-refractivity contribution >= 4 is 16.8 Å². The van der Waals surface area contributed by atoms with Gasteiger partial charge in [0, 0.05) is 5.56 Å². The predicted octanol–water partition coefficient (Wildman–Crippen LogP) is 3.23. The van der Waals surface area contributed by atoms with Crippen molar-refractivity contribution in [3.8, 4) is 5.75 Å². The Labute approximate surface area is 132 Å². The highest BCUT2D eigenvalue weighted by Crippen LogP contribution is 2.28. The van der Waals surface area contributed by atoms with Gasteiger partial charge in [0.15, 0.2) is 11.2 Å². The number of carbonyl (C=O) groups excluding carboxylic acids is 1. The molecule has 0 amide bonds. The van der Waals surface area contributed by atoms with E-state index in [2.05, 4.69) is 0 Å². The second-order valence-electron chi connectivity index (χ2n) is 5.66. The molecule has 1 unspecified atom stereocenters. The normalized spacial score (nSPS) is 16.9. The van der Waals surface area contributed by atoms with Gasteiger partial charge in [0.1, 0.15) is 11.3 Å². The second-order valence-corrected chi connectivity index (χ2v) is 5.66. The summed E-state index contributed by atoms with van der Waals surface area (Å²) in [7, 11) is 0. The number of para-hydroxylation sites is 2. The van der Waals surface area contributed by atoms with Crippen LogP contribution in [0.15, 0.2) is 64.0 Å². The van der Waals surface area contributed by atoms with Gasteiger partial charge in [-0.2, -0.15) is 0 Å². The lowest BCUT2D eigenvalue weighted by Crippen LogP contribution is -2.30. The highest BCUT2D eigenvalue weighted by atomic mass is 16.5. The van der Waals surface area contributed by atoms with E-state index in [9.17, 15) is 9.59 Å². The third-order valence-corrected chi connectivity index (χ3v) is 4.18. The van der Waals surface area contributed by atoms with Gasteiger partial charge < -0.3 is 9.15 Å². The molecule has 4 rings (SSSR count). The number of benzene rings is 2. The summed E-state index contributed by atoms with van der Waals surface area (Å²) in [5.41, 5.74) is 1.55. The van der Waals surface area contributed by atoms with E-state index in [0.717, 1.165) is 0 Å². The van der Waals surface area contributed by atoms with Crippen molar-refractivity contribution in [3.05, 3.63) is 76.1 Å². The van der Waals surface area contributed by atoms with Gasteiger partial charge in [-0.1, -0.05) is 24.3 Å². The van der Waals surface area contributed by atoms with Crippen LogP contribution in [0, 0.1) is 5.92 Å². The molecule has 2 aromatic carbocycles. The van der Waals surface area contributed by atoms with Gasteiger partial charge >= 0.3 is 0 Å². The van der Waals surface area contributed by atoms with Crippen molar-refractivity contribution in [3.63, 3.8) is 0 Å². The zero-order valence-electron chi connectivity index (χ0n) is 12.3. The number of rotatable bonds is 2. The minimum Gasteiger partial charge on any atom is -0.492 e. The van der Waals surface area contributed by atoms with E-state index in [1.807, 2.05) is 18.2 Å². The van der Waals surface area contributed by atoms with Crippen molar-refractivity contribution < 1.29 is 13.9 Å². The molecule has 23 heavy (non-hydrogen) atoms. The molecule has 0 aliphatic carbocycles. The lowest BCUT2D eigenvalue weighted by atomic mass is 9.90. The summed E-state index contributed by atoms with van der Waals surface area (Å²) in [5, 5.41) is 0.537. The number of fused-ring (bicyclic) bond motifs is 2. The van der Waals surface area contributed by atoms with Crippen LogP contribution in [0.25, 0.3) is 11.0 Å². The number of ether oxygens (including phenoxy) is 1. The van der Waals surface area contributed by atoms with Crippen LogP contribution in [0.4, 0.5) is 0 Å². The maximum Gasteiger partial charge on any atom is 0.195 e. The van der Waals surface area contributed by atoms with Crippen LogP contribution >= 0.6 is 0 Å². The van der Waals surface area contributed by atoms with E-state index in [4.69, 9.17) is 9.15 Å². The zero-order chi connectivity index (χ0) is 15.8. The first kappa shape index (κ1) is 13.8. The van der Waals surface area contributed by atoms with E-state index in [0.29, 0.717) is 34.3 Å². The number of hydrogen-bond donors (Lipinski definition) is 0. The van der Waals surface area contributed by atoms with Gasteiger partial charge in [0.25, 0.3) is 0 Å². The summed E-state index contributed by atoms with van der Waals surface area (Å²) < 4.78 is 11.2. The Kier molecular flexibility index (Phi) is 3.23. The Morgan fingerprint density at radius 3 is 2.70 bits per heavy atom. The van der Waals surface area contributed by atoms with Crippen molar-refractivity contribution in [1.82, 2.24) is 0 Å². The number of carbonyl (C=O) groups is 1. The molecule has 0 saturated carbocycles. The first-order chi connectivity index (χ1) is 11.2. The van der Waals surface area contributed by atoms with Gasteiger partial charge in [0.05, 0.1) is 29.7 Å². The van der Waals surface area contributed by atoms with Gasteiger partial charge in [-0.05, 0) is 30.7 Å². The Bertz CT molecular complexity index is 955. The van der Waals surface area contributed by atoms with Crippen LogP contribution in [-0.2, 0) is 6.42 Å². The molecule has 0 radical (unpaired) electrons. The second kappa shape index (κ2) is 5.39. The van der Waals surface area contributed by atoms with E-state index >= 15 is 0 Å². The summed E-state index contributed by atoms with van der Waals surface area (Å²) in [4.78, 5) is 25.1. The van der Waals surface area contributed by atoms with E-state index in [-0.39, 0.29) is 23.7 Å². The SMILES string of the molecule is O=C1c2ccccc2OCC1Cc1coc2ccccc2c1=O. The Morgan fingerprint density at radius 2 is 1.78 bits per heavy atom. The van der Waals surface area contributed by atoms with Crippen LogP contribution in [0.3, 0.4) is 0 Å². The fraction of sp³-hybridized carbons (Fsp3) is 0.158. The Morgan fingerprint density at radius 1 is 1.00 bits per heavy atom. The molecular weight excluding hydrogens is 292 g/mol. The van der Waals surface area contributed by atoms with Gasteiger partial charge in [-0.3, -0.25) is 9.59 Å². The van der Waals surface area contributed by atoms with Crippen LogP contribution in [0.1, 0.15) is 15.9 Å². The molecule has 0 spiro atoms. The first-order valence-corrected chi connectivity index (χ1v) is 7.49. The molecule has 0 bridgehead atoms. The maximum atomic E-state index is 12.6. The monoisotopic (exact) mass is 306 g/mol. The van der Waals surface area contributed by atoms with Crippen LogP contribution in [0.5, 0.6) is 5.75 Å². The van der Waals surface area contributed by atoms with Crippen LogP contribution in [0.2, 0.25) is 0 Å². The lowest BCUT2D eigenvalue weighted by Gasteiger charge is -2.23. The Hall–Kier alpha value is -2.88. The average Bonchev–Trinajstić information content (AvgIpc) is 2.60. The predicted molar refractivity (Wildman–Crippen MR) is 85.9 cm³/mol. The molecule has 2 heterocycles. The third kappa shape index (κ3) is 2.32. The summed E-state index contributed by atoms with van der Waals surface area (Å²) >= 11 is 0. The summed E-state index contributed by atoms with van der Waals surface area (Å²) in [6, 6.07) is 14.3. The highest BCUT2D eigenvalue weighted by Gasteiger charge is 2.29. The molecule has 1 atom stereocenters. The largest absolute Gasteiger partial charge is 0.492 e. The number of ketones is 1. The lowest BCUT2D eigenvalue weighted by molar-refractivity contribution is 0.0830. The molecule has 114 valence electrons. The molecule has 1 aliphatic heterocycles. The van der Waals surface area contributed by atoms with Crippen molar-refractivity contribution in [2.24, 2.45) is 5.92 Å². The van der Waals surface area contributed by atoms with E-state index in [1.165, 1.54) is 6.26 Å². The molecule has 0 N–H and O–H groups in total. The molecule has 1 aliphatic rings. The van der Waals surface area contributed by atoms with E-state index in [1.54, 1.807) is 30.3 Å². The standard InChI is InChI=1S/C19H14O4/c20-18-12(10-22-16-7-3-1-5-14(16)18)9-13-11-23-17-8-4-2-6-15(17)19(13)21/h1-8,10,13H,9,11H2. The molecule has 0 saturated heterocycles. The Balaban J connectivity index is 1.68.